The van der Waals surface area contributed by atoms with Gasteiger partial charge in [-0.1, -0.05) is 12.1 Å². The standard InChI is InChI=1S/C27H29N5O3/c1-19(2)35-24-9-5-22(6-10-24)29-27-28-18-21-11-12-32(26(21)30-27)23-7-3-20(4-8-23)17-25(33)31-13-15-34-16-14-31/h3-12,18-19H,13-17H2,1-2H3,(H,28,29,30). The maximum atomic E-state index is 12.5. The zero-order valence-electron chi connectivity index (χ0n) is 20.0. The Hall–Kier alpha value is -3.91. The van der Waals surface area contributed by atoms with Crippen molar-refractivity contribution in [1.29, 1.82) is 0 Å². The molecule has 0 unspecified atom stereocenters. The minimum Gasteiger partial charge on any atom is -0.491 e. The summed E-state index contributed by atoms with van der Waals surface area (Å²) in [5, 5.41) is 4.21. The number of ether oxygens (including phenoxy) is 2. The van der Waals surface area contributed by atoms with Crippen molar-refractivity contribution in [2.75, 3.05) is 31.6 Å². The molecule has 5 rings (SSSR count). The number of anilines is 2. The largest absolute Gasteiger partial charge is 0.491 e. The predicted molar refractivity (Wildman–Crippen MR) is 135 cm³/mol. The molecule has 0 atom stereocenters. The highest BCUT2D eigenvalue weighted by Crippen LogP contribution is 2.23. The predicted octanol–water partition coefficient (Wildman–Crippen LogP) is 4.35. The number of aromatic nitrogens is 3. The third kappa shape index (κ3) is 5.44. The molecule has 2 aromatic carbocycles. The van der Waals surface area contributed by atoms with Crippen LogP contribution in [-0.4, -0.2) is 57.7 Å². The summed E-state index contributed by atoms with van der Waals surface area (Å²) in [7, 11) is 0. The van der Waals surface area contributed by atoms with Crippen LogP contribution in [0.1, 0.15) is 19.4 Å². The van der Waals surface area contributed by atoms with Gasteiger partial charge in [-0.3, -0.25) is 4.79 Å². The number of fused-ring (bicyclic) bond motifs is 1. The van der Waals surface area contributed by atoms with E-state index < -0.39 is 0 Å². The van der Waals surface area contributed by atoms with Gasteiger partial charge in [-0.25, -0.2) is 4.98 Å². The summed E-state index contributed by atoms with van der Waals surface area (Å²) in [6.45, 7) is 6.56. The molecule has 0 radical (unpaired) electrons. The molecule has 8 nitrogen and oxygen atoms in total. The van der Waals surface area contributed by atoms with Gasteiger partial charge >= 0.3 is 0 Å². The first-order chi connectivity index (χ1) is 17.0. The van der Waals surface area contributed by atoms with E-state index in [2.05, 4.69) is 10.3 Å². The SMILES string of the molecule is CC(C)Oc1ccc(Nc2ncc3ccn(-c4ccc(CC(=O)N5CCOCC5)cc4)c3n2)cc1. The Kier molecular flexibility index (Phi) is 6.63. The van der Waals surface area contributed by atoms with Crippen molar-refractivity contribution in [2.24, 2.45) is 0 Å². The number of carbonyl (C=O) groups excluding carboxylic acids is 1. The van der Waals surface area contributed by atoms with E-state index in [-0.39, 0.29) is 12.0 Å². The van der Waals surface area contributed by atoms with Crippen molar-refractivity contribution in [3.05, 3.63) is 72.6 Å². The molecule has 1 saturated heterocycles. The van der Waals surface area contributed by atoms with E-state index in [1.54, 1.807) is 0 Å². The maximum Gasteiger partial charge on any atom is 0.229 e. The first kappa shape index (κ1) is 22.9. The monoisotopic (exact) mass is 471 g/mol. The maximum absolute atomic E-state index is 12.5. The second-order valence-electron chi connectivity index (χ2n) is 8.81. The molecular weight excluding hydrogens is 442 g/mol. The van der Waals surface area contributed by atoms with Crippen LogP contribution < -0.4 is 10.1 Å². The Morgan fingerprint density at radius 3 is 2.51 bits per heavy atom. The second-order valence-corrected chi connectivity index (χ2v) is 8.81. The number of hydrogen-bond acceptors (Lipinski definition) is 6. The minimum absolute atomic E-state index is 0.131. The second kappa shape index (κ2) is 10.1. The summed E-state index contributed by atoms with van der Waals surface area (Å²) < 4.78 is 13.1. The van der Waals surface area contributed by atoms with Crippen LogP contribution in [-0.2, 0) is 16.0 Å². The van der Waals surface area contributed by atoms with Gasteiger partial charge in [0, 0.05) is 42.2 Å². The van der Waals surface area contributed by atoms with Crippen LogP contribution >= 0.6 is 0 Å². The minimum atomic E-state index is 0.131. The summed E-state index contributed by atoms with van der Waals surface area (Å²) in [6.07, 6.45) is 4.32. The number of carbonyl (C=O) groups is 1. The molecule has 35 heavy (non-hydrogen) atoms. The van der Waals surface area contributed by atoms with Crippen molar-refractivity contribution in [1.82, 2.24) is 19.4 Å². The van der Waals surface area contributed by atoms with Crippen molar-refractivity contribution in [3.8, 4) is 11.4 Å². The first-order valence-electron chi connectivity index (χ1n) is 11.9. The van der Waals surface area contributed by atoms with E-state index >= 15 is 0 Å². The molecule has 0 spiro atoms. The van der Waals surface area contributed by atoms with Gasteiger partial charge in [-0.15, -0.1) is 0 Å². The molecule has 3 heterocycles. The number of nitrogens with one attached hydrogen (secondary N) is 1. The van der Waals surface area contributed by atoms with Gasteiger partial charge in [0.15, 0.2) is 0 Å². The van der Waals surface area contributed by atoms with E-state index in [1.807, 2.05) is 90.3 Å². The molecule has 180 valence electrons. The van der Waals surface area contributed by atoms with Crippen molar-refractivity contribution in [2.45, 2.75) is 26.4 Å². The van der Waals surface area contributed by atoms with Crippen LogP contribution in [0.3, 0.4) is 0 Å². The lowest BCUT2D eigenvalue weighted by molar-refractivity contribution is -0.134. The fourth-order valence-corrected chi connectivity index (χ4v) is 4.08. The Balaban J connectivity index is 1.30. The van der Waals surface area contributed by atoms with Crippen LogP contribution in [0.25, 0.3) is 16.7 Å². The lowest BCUT2D eigenvalue weighted by Crippen LogP contribution is -2.41. The highest BCUT2D eigenvalue weighted by atomic mass is 16.5. The Bertz CT molecular complexity index is 1290. The van der Waals surface area contributed by atoms with Crippen molar-refractivity contribution < 1.29 is 14.3 Å². The van der Waals surface area contributed by atoms with Gasteiger partial charge in [0.1, 0.15) is 11.4 Å². The third-order valence-corrected chi connectivity index (χ3v) is 5.84. The lowest BCUT2D eigenvalue weighted by atomic mass is 10.1. The Morgan fingerprint density at radius 2 is 1.80 bits per heavy atom. The fraction of sp³-hybridized carbons (Fsp3) is 0.296. The summed E-state index contributed by atoms with van der Waals surface area (Å²) in [4.78, 5) is 23.6. The summed E-state index contributed by atoms with van der Waals surface area (Å²) in [5.74, 6) is 1.48. The number of amides is 1. The fourth-order valence-electron chi connectivity index (χ4n) is 4.08. The van der Waals surface area contributed by atoms with Crippen LogP contribution in [0.5, 0.6) is 5.75 Å². The Morgan fingerprint density at radius 1 is 1.06 bits per heavy atom. The molecule has 0 aliphatic carbocycles. The molecule has 1 amide bonds. The van der Waals surface area contributed by atoms with E-state index in [1.165, 1.54) is 0 Å². The molecule has 4 aromatic rings. The van der Waals surface area contributed by atoms with Gasteiger partial charge in [0.25, 0.3) is 0 Å². The zero-order chi connectivity index (χ0) is 24.2. The molecule has 8 heteroatoms. The van der Waals surface area contributed by atoms with E-state index in [4.69, 9.17) is 14.5 Å². The van der Waals surface area contributed by atoms with Gasteiger partial charge in [0.05, 0.1) is 25.7 Å². The molecule has 0 saturated carbocycles. The molecule has 1 aliphatic heterocycles. The van der Waals surface area contributed by atoms with Gasteiger partial charge < -0.3 is 24.3 Å². The summed E-state index contributed by atoms with van der Waals surface area (Å²) in [6, 6.07) is 17.8. The highest BCUT2D eigenvalue weighted by Gasteiger charge is 2.17. The number of hydrogen-bond donors (Lipinski definition) is 1. The van der Waals surface area contributed by atoms with E-state index in [0.29, 0.717) is 38.7 Å². The molecule has 2 aromatic heterocycles. The molecule has 1 aliphatic rings. The van der Waals surface area contributed by atoms with Crippen LogP contribution in [0.4, 0.5) is 11.6 Å². The van der Waals surface area contributed by atoms with Gasteiger partial charge in [0.2, 0.25) is 11.9 Å². The van der Waals surface area contributed by atoms with Crippen molar-refractivity contribution >= 4 is 28.6 Å². The molecule has 0 bridgehead atoms. The molecule has 1 fully saturated rings. The lowest BCUT2D eigenvalue weighted by Gasteiger charge is -2.26. The highest BCUT2D eigenvalue weighted by molar-refractivity contribution is 5.80. The molecular formula is C27H29N5O3. The average molecular weight is 472 g/mol. The normalized spacial score (nSPS) is 13.9. The number of nitrogens with zero attached hydrogens (tertiary/aromatic N) is 4. The van der Waals surface area contributed by atoms with Crippen LogP contribution in [0, 0.1) is 0 Å². The summed E-state index contributed by atoms with van der Waals surface area (Å²) in [5.41, 5.74) is 3.65. The summed E-state index contributed by atoms with van der Waals surface area (Å²) >= 11 is 0. The quantitative estimate of drug-likeness (QED) is 0.432. The van der Waals surface area contributed by atoms with Crippen LogP contribution in [0.2, 0.25) is 0 Å². The topological polar surface area (TPSA) is 81.5 Å². The number of benzene rings is 2. The van der Waals surface area contributed by atoms with Crippen LogP contribution in [0.15, 0.2) is 67.0 Å². The van der Waals surface area contributed by atoms with E-state index in [0.717, 1.165) is 33.7 Å². The van der Waals surface area contributed by atoms with E-state index in [9.17, 15) is 4.79 Å². The van der Waals surface area contributed by atoms with Gasteiger partial charge in [-0.05, 0) is 61.9 Å². The number of rotatable bonds is 7. The zero-order valence-corrected chi connectivity index (χ0v) is 20.0. The third-order valence-electron chi connectivity index (χ3n) is 5.84. The molecule has 1 N–H and O–H groups in total. The smallest absolute Gasteiger partial charge is 0.229 e. The van der Waals surface area contributed by atoms with Crippen molar-refractivity contribution in [3.63, 3.8) is 0 Å². The Labute approximate surface area is 204 Å². The number of morpholine rings is 1. The van der Waals surface area contributed by atoms with Gasteiger partial charge in [-0.2, -0.15) is 4.98 Å². The first-order valence-corrected chi connectivity index (χ1v) is 11.9. The average Bonchev–Trinajstić information content (AvgIpc) is 3.29.